The second kappa shape index (κ2) is 9.81. The lowest BCUT2D eigenvalue weighted by Gasteiger charge is -2.36. The van der Waals surface area contributed by atoms with Gasteiger partial charge in [-0.15, -0.1) is 10.2 Å². The van der Waals surface area contributed by atoms with E-state index in [1.165, 1.54) is 39.7 Å². The molecule has 0 unspecified atom stereocenters. The fourth-order valence-electron chi connectivity index (χ4n) is 3.92. The number of halogens is 1. The molecule has 2 N–H and O–H groups in total. The Morgan fingerprint density at radius 1 is 1.27 bits per heavy atom. The van der Waals surface area contributed by atoms with E-state index >= 15 is 0 Å². The average molecular weight is 510 g/mol. The molecule has 4 aromatic rings. The van der Waals surface area contributed by atoms with Crippen molar-refractivity contribution in [3.8, 4) is 17.1 Å². The summed E-state index contributed by atoms with van der Waals surface area (Å²) in [5.74, 6) is -0.452. The topological polar surface area (TPSA) is 149 Å². The molecular formula is C23H23FN8O5. The first-order valence-electron chi connectivity index (χ1n) is 11.3. The normalized spacial score (nSPS) is 13.5. The highest BCUT2D eigenvalue weighted by molar-refractivity contribution is 6.09. The van der Waals surface area contributed by atoms with Crippen LogP contribution in [0.4, 0.5) is 14.9 Å². The van der Waals surface area contributed by atoms with E-state index in [0.29, 0.717) is 41.2 Å². The zero-order valence-electron chi connectivity index (χ0n) is 20.0. The van der Waals surface area contributed by atoms with Crippen LogP contribution < -0.4 is 10.1 Å². The summed E-state index contributed by atoms with van der Waals surface area (Å²) < 4.78 is 26.4. The van der Waals surface area contributed by atoms with Crippen LogP contribution >= 0.6 is 0 Å². The molecule has 2 amide bonds. The van der Waals surface area contributed by atoms with Gasteiger partial charge in [0.1, 0.15) is 24.2 Å². The minimum Gasteiger partial charge on any atom is -0.490 e. The summed E-state index contributed by atoms with van der Waals surface area (Å²) in [5.41, 5.74) is 1.80. The van der Waals surface area contributed by atoms with Crippen molar-refractivity contribution in [2.75, 3.05) is 38.7 Å². The number of aryl methyl sites for hydroxylation is 1. The molecular weight excluding hydrogens is 487 g/mol. The van der Waals surface area contributed by atoms with Crippen LogP contribution in [0.1, 0.15) is 22.0 Å². The number of carbonyl (C=O) groups excluding carboxylic acids is 2. The molecule has 1 aliphatic heterocycles. The number of hydrogen-bond acceptors (Lipinski definition) is 9. The Hall–Kier alpha value is -4.59. The van der Waals surface area contributed by atoms with E-state index in [1.54, 1.807) is 25.3 Å². The van der Waals surface area contributed by atoms with Gasteiger partial charge >= 0.3 is 6.09 Å². The molecule has 0 aliphatic carbocycles. The van der Waals surface area contributed by atoms with Gasteiger partial charge in [-0.3, -0.25) is 4.79 Å². The number of carbonyl (C=O) groups is 2. The number of methoxy groups -OCH3 is 1. The SMILES string of the molecule is COC(=O)N1CC(n2nnc(-c3cc(NC(=O)c4cnn5cc(OCCO)ccc45)c(C)cc3F)n2)C1. The number of aromatic nitrogens is 6. The molecule has 5 rings (SSSR count). The van der Waals surface area contributed by atoms with Crippen molar-refractivity contribution < 1.29 is 28.6 Å². The zero-order chi connectivity index (χ0) is 26.1. The number of nitrogens with zero attached hydrogens (tertiary/aromatic N) is 7. The number of hydrogen-bond donors (Lipinski definition) is 2. The number of ether oxygens (including phenoxy) is 2. The number of amides is 2. The van der Waals surface area contributed by atoms with Gasteiger partial charge in [-0.2, -0.15) is 9.90 Å². The largest absolute Gasteiger partial charge is 0.490 e. The Bertz CT molecular complexity index is 1480. The summed E-state index contributed by atoms with van der Waals surface area (Å²) in [6.45, 7) is 2.40. The molecule has 14 heteroatoms. The minimum atomic E-state index is -0.564. The highest BCUT2D eigenvalue weighted by Gasteiger charge is 2.34. The summed E-state index contributed by atoms with van der Waals surface area (Å²) in [6.07, 6.45) is 2.58. The number of pyridine rings is 1. The molecule has 0 bridgehead atoms. The first-order chi connectivity index (χ1) is 17.9. The fourth-order valence-corrected chi connectivity index (χ4v) is 3.92. The van der Waals surface area contributed by atoms with Gasteiger partial charge in [-0.1, -0.05) is 0 Å². The van der Waals surface area contributed by atoms with Crippen LogP contribution in [0.25, 0.3) is 16.9 Å². The van der Waals surface area contributed by atoms with E-state index in [9.17, 15) is 14.0 Å². The Morgan fingerprint density at radius 2 is 2.08 bits per heavy atom. The van der Waals surface area contributed by atoms with Crippen molar-refractivity contribution in [1.82, 2.24) is 34.7 Å². The molecule has 0 radical (unpaired) electrons. The monoisotopic (exact) mass is 510 g/mol. The van der Waals surface area contributed by atoms with Crippen molar-refractivity contribution in [2.24, 2.45) is 0 Å². The molecule has 0 spiro atoms. The number of benzene rings is 1. The van der Waals surface area contributed by atoms with Gasteiger partial charge in [0.2, 0.25) is 5.82 Å². The predicted octanol–water partition coefficient (Wildman–Crippen LogP) is 1.68. The van der Waals surface area contributed by atoms with Crippen LogP contribution in [-0.2, 0) is 4.74 Å². The molecule has 0 atom stereocenters. The van der Waals surface area contributed by atoms with E-state index in [0.717, 1.165) is 0 Å². The van der Waals surface area contributed by atoms with Crippen LogP contribution in [0.3, 0.4) is 0 Å². The highest BCUT2D eigenvalue weighted by atomic mass is 19.1. The molecule has 192 valence electrons. The summed E-state index contributed by atoms with van der Waals surface area (Å²) in [4.78, 5) is 27.4. The summed E-state index contributed by atoms with van der Waals surface area (Å²) in [5, 5.41) is 28.1. The highest BCUT2D eigenvalue weighted by Crippen LogP contribution is 2.28. The number of tetrazole rings is 1. The van der Waals surface area contributed by atoms with Gasteiger partial charge < -0.3 is 24.8 Å². The van der Waals surface area contributed by atoms with E-state index in [1.807, 2.05) is 0 Å². The van der Waals surface area contributed by atoms with Crippen LogP contribution in [0, 0.1) is 12.7 Å². The van der Waals surface area contributed by atoms with Gasteiger partial charge in [0.05, 0.1) is 55.8 Å². The smallest absolute Gasteiger partial charge is 0.409 e. The van der Waals surface area contributed by atoms with Gasteiger partial charge in [-0.05, 0) is 42.0 Å². The minimum absolute atomic E-state index is 0.0518. The second-order valence-electron chi connectivity index (χ2n) is 8.39. The van der Waals surface area contributed by atoms with Crippen LogP contribution in [-0.4, -0.2) is 85.2 Å². The molecule has 1 aliphatic rings. The van der Waals surface area contributed by atoms with Gasteiger partial charge in [0, 0.05) is 5.69 Å². The third kappa shape index (κ3) is 4.65. The first kappa shape index (κ1) is 24.1. The number of anilines is 1. The van der Waals surface area contributed by atoms with Crippen molar-refractivity contribution >= 4 is 23.2 Å². The Kier molecular flexibility index (Phi) is 6.40. The number of nitrogens with one attached hydrogen (secondary N) is 1. The maximum Gasteiger partial charge on any atom is 0.409 e. The van der Waals surface area contributed by atoms with Crippen molar-refractivity contribution in [3.63, 3.8) is 0 Å². The lowest BCUT2D eigenvalue weighted by Crippen LogP contribution is -2.51. The number of fused-ring (bicyclic) bond motifs is 1. The molecule has 4 heterocycles. The van der Waals surface area contributed by atoms with E-state index in [-0.39, 0.29) is 30.6 Å². The Balaban J connectivity index is 1.34. The summed E-state index contributed by atoms with van der Waals surface area (Å²) in [6, 6.07) is 5.90. The summed E-state index contributed by atoms with van der Waals surface area (Å²) in [7, 11) is 1.30. The molecule has 1 fully saturated rings. The fraction of sp³-hybridized carbons (Fsp3) is 0.304. The number of aliphatic hydroxyl groups is 1. The maximum atomic E-state index is 14.8. The lowest BCUT2D eigenvalue weighted by molar-refractivity contribution is 0.0621. The van der Waals surface area contributed by atoms with Crippen LogP contribution in [0.15, 0.2) is 36.7 Å². The Morgan fingerprint density at radius 3 is 2.84 bits per heavy atom. The van der Waals surface area contributed by atoms with E-state index < -0.39 is 17.8 Å². The quantitative estimate of drug-likeness (QED) is 0.379. The molecule has 1 aromatic carbocycles. The average Bonchev–Trinajstić information content (AvgIpc) is 3.50. The van der Waals surface area contributed by atoms with Crippen molar-refractivity contribution in [1.29, 1.82) is 0 Å². The van der Waals surface area contributed by atoms with E-state index in [2.05, 4.69) is 30.6 Å². The predicted molar refractivity (Wildman–Crippen MR) is 127 cm³/mol. The third-order valence-electron chi connectivity index (χ3n) is 5.95. The third-order valence-corrected chi connectivity index (χ3v) is 5.95. The summed E-state index contributed by atoms with van der Waals surface area (Å²) >= 11 is 0. The molecule has 13 nitrogen and oxygen atoms in total. The first-order valence-corrected chi connectivity index (χ1v) is 11.3. The zero-order valence-corrected chi connectivity index (χ0v) is 20.0. The van der Waals surface area contributed by atoms with Gasteiger partial charge in [0.25, 0.3) is 5.91 Å². The van der Waals surface area contributed by atoms with Crippen molar-refractivity contribution in [2.45, 2.75) is 13.0 Å². The standard InChI is InChI=1S/C23H23FN8O5/c1-13-7-18(24)16(21-27-29-32(28-21)14-10-30(11-14)23(35)36-2)8-19(13)26-22(34)17-9-25-31-12-15(37-6-5-33)3-4-20(17)31/h3-4,7-9,12,14,33H,5-6,10-11H2,1-2H3,(H,26,34). The van der Waals surface area contributed by atoms with Crippen molar-refractivity contribution in [3.05, 3.63) is 53.6 Å². The molecule has 37 heavy (non-hydrogen) atoms. The maximum absolute atomic E-state index is 14.8. The van der Waals surface area contributed by atoms with Crippen LogP contribution in [0.5, 0.6) is 5.75 Å². The van der Waals surface area contributed by atoms with Crippen LogP contribution in [0.2, 0.25) is 0 Å². The molecule has 3 aromatic heterocycles. The van der Waals surface area contributed by atoms with Gasteiger partial charge in [0.15, 0.2) is 0 Å². The van der Waals surface area contributed by atoms with Gasteiger partial charge in [-0.25, -0.2) is 13.7 Å². The number of rotatable bonds is 7. The second-order valence-corrected chi connectivity index (χ2v) is 8.39. The van der Waals surface area contributed by atoms with E-state index in [4.69, 9.17) is 9.84 Å². The Labute approximate surface area is 209 Å². The number of aliphatic hydroxyl groups excluding tert-OH is 1. The molecule has 0 saturated carbocycles. The number of likely N-dealkylation sites (tertiary alicyclic amines) is 1. The molecule has 1 saturated heterocycles. The lowest BCUT2D eigenvalue weighted by atomic mass is 10.1.